The molecule has 2 heterocycles. The van der Waals surface area contributed by atoms with Gasteiger partial charge in [0.25, 0.3) is 0 Å². The Morgan fingerprint density at radius 3 is 3.06 bits per heavy atom. The van der Waals surface area contributed by atoms with Crippen LogP contribution in [0, 0.1) is 5.92 Å². The molecule has 1 saturated heterocycles. The van der Waals surface area contributed by atoms with E-state index < -0.39 is 6.17 Å². The Labute approximate surface area is 102 Å². The fourth-order valence-electron chi connectivity index (χ4n) is 2.49. The van der Waals surface area contributed by atoms with Crippen molar-refractivity contribution in [3.05, 3.63) is 17.5 Å². The van der Waals surface area contributed by atoms with E-state index in [2.05, 4.69) is 17.3 Å². The summed E-state index contributed by atoms with van der Waals surface area (Å²) in [4.78, 5) is 0. The number of nitrogens with one attached hydrogen (secondary N) is 1. The molecule has 0 aromatic carbocycles. The average Bonchev–Trinajstić information content (AvgIpc) is 2.71. The molecule has 1 aliphatic heterocycles. The molecule has 1 N–H and O–H groups in total. The van der Waals surface area contributed by atoms with Crippen LogP contribution < -0.4 is 5.32 Å². The van der Waals surface area contributed by atoms with Gasteiger partial charge in [0, 0.05) is 31.6 Å². The topological polar surface area (TPSA) is 29.9 Å². The molecule has 96 valence electrons. The van der Waals surface area contributed by atoms with Crippen LogP contribution in [0.3, 0.4) is 0 Å². The number of alkyl halides is 1. The summed E-state index contributed by atoms with van der Waals surface area (Å²) >= 11 is 0. The number of nitrogens with zero attached hydrogens (tertiary/aromatic N) is 2. The van der Waals surface area contributed by atoms with Gasteiger partial charge >= 0.3 is 0 Å². The Morgan fingerprint density at radius 1 is 1.65 bits per heavy atom. The number of aromatic nitrogens is 2. The van der Waals surface area contributed by atoms with Gasteiger partial charge in [-0.25, -0.2) is 4.39 Å². The molecule has 3 nitrogen and oxygen atoms in total. The highest BCUT2D eigenvalue weighted by Crippen LogP contribution is 2.21. The third-order valence-electron chi connectivity index (χ3n) is 3.64. The minimum Gasteiger partial charge on any atom is -0.316 e. The average molecular weight is 239 g/mol. The first-order chi connectivity index (χ1) is 8.20. The predicted molar refractivity (Wildman–Crippen MR) is 66.8 cm³/mol. The van der Waals surface area contributed by atoms with Gasteiger partial charge in [0.05, 0.1) is 5.69 Å². The highest BCUT2D eigenvalue weighted by atomic mass is 19.1. The largest absolute Gasteiger partial charge is 0.316 e. The zero-order chi connectivity index (χ0) is 12.3. The fraction of sp³-hybridized carbons (Fsp3) is 0.769. The van der Waals surface area contributed by atoms with Crippen molar-refractivity contribution in [1.82, 2.24) is 15.1 Å². The second-order valence-electron chi connectivity index (χ2n) is 4.93. The molecule has 1 fully saturated rings. The van der Waals surface area contributed by atoms with Crippen molar-refractivity contribution < 1.29 is 4.39 Å². The second kappa shape index (κ2) is 5.63. The third-order valence-corrected chi connectivity index (χ3v) is 3.64. The molecule has 2 rings (SSSR count). The van der Waals surface area contributed by atoms with Gasteiger partial charge in [-0.3, -0.25) is 4.68 Å². The number of aryl methyl sites for hydroxylation is 2. The van der Waals surface area contributed by atoms with Crippen molar-refractivity contribution >= 4 is 0 Å². The molecular formula is C13H22FN3. The van der Waals surface area contributed by atoms with Crippen LogP contribution in [0.5, 0.6) is 0 Å². The molecule has 0 radical (unpaired) electrons. The SMILES string of the molecule is CCc1cc(CC(F)C2CCCNC2)n(C)n1. The molecular weight excluding hydrogens is 217 g/mol. The van der Waals surface area contributed by atoms with Gasteiger partial charge in [0.2, 0.25) is 0 Å². The molecule has 1 aliphatic rings. The van der Waals surface area contributed by atoms with E-state index >= 15 is 0 Å². The van der Waals surface area contributed by atoms with E-state index in [1.807, 2.05) is 17.8 Å². The van der Waals surface area contributed by atoms with E-state index in [-0.39, 0.29) is 5.92 Å². The Bertz CT molecular complexity index is 356. The summed E-state index contributed by atoms with van der Waals surface area (Å²) in [6.07, 6.45) is 2.76. The Hall–Kier alpha value is -0.900. The molecule has 17 heavy (non-hydrogen) atoms. The summed E-state index contributed by atoms with van der Waals surface area (Å²) in [6, 6.07) is 2.03. The van der Waals surface area contributed by atoms with E-state index in [1.54, 1.807) is 0 Å². The van der Waals surface area contributed by atoms with Crippen LogP contribution in [0.2, 0.25) is 0 Å². The molecule has 0 spiro atoms. The van der Waals surface area contributed by atoms with Gasteiger partial charge in [0.1, 0.15) is 6.17 Å². The van der Waals surface area contributed by atoms with Crippen molar-refractivity contribution in [3.8, 4) is 0 Å². The molecule has 2 atom stereocenters. The van der Waals surface area contributed by atoms with E-state index in [0.29, 0.717) is 6.42 Å². The lowest BCUT2D eigenvalue weighted by atomic mass is 9.92. The Balaban J connectivity index is 1.96. The highest BCUT2D eigenvalue weighted by Gasteiger charge is 2.24. The standard InChI is InChI=1S/C13H22FN3/c1-3-11-7-12(17(2)16-11)8-13(14)10-5-4-6-15-9-10/h7,10,13,15H,3-6,8-9H2,1-2H3. The quantitative estimate of drug-likeness (QED) is 0.869. The van der Waals surface area contributed by atoms with Crippen LogP contribution in [0.25, 0.3) is 0 Å². The van der Waals surface area contributed by atoms with Crippen LogP contribution in [0.15, 0.2) is 6.07 Å². The van der Waals surface area contributed by atoms with Crippen molar-refractivity contribution in [2.24, 2.45) is 13.0 Å². The molecule has 2 unspecified atom stereocenters. The summed E-state index contributed by atoms with van der Waals surface area (Å²) in [5.41, 5.74) is 2.07. The smallest absolute Gasteiger partial charge is 0.110 e. The first-order valence-electron chi connectivity index (χ1n) is 6.57. The fourth-order valence-corrected chi connectivity index (χ4v) is 2.49. The molecule has 4 heteroatoms. The monoisotopic (exact) mass is 239 g/mol. The first-order valence-corrected chi connectivity index (χ1v) is 6.57. The number of hydrogen-bond donors (Lipinski definition) is 1. The first kappa shape index (κ1) is 12.6. The van der Waals surface area contributed by atoms with Crippen molar-refractivity contribution in [3.63, 3.8) is 0 Å². The molecule has 1 aromatic heterocycles. The van der Waals surface area contributed by atoms with E-state index in [1.165, 1.54) is 0 Å². The number of piperidine rings is 1. The van der Waals surface area contributed by atoms with E-state index in [9.17, 15) is 4.39 Å². The minimum atomic E-state index is -0.747. The maximum Gasteiger partial charge on any atom is 0.110 e. The maximum absolute atomic E-state index is 14.2. The number of halogens is 1. The van der Waals surface area contributed by atoms with Crippen molar-refractivity contribution in [2.45, 2.75) is 38.8 Å². The van der Waals surface area contributed by atoms with Crippen LogP contribution in [0.1, 0.15) is 31.2 Å². The lowest BCUT2D eigenvalue weighted by molar-refractivity contribution is 0.189. The van der Waals surface area contributed by atoms with Crippen LogP contribution in [-0.2, 0) is 19.9 Å². The summed E-state index contributed by atoms with van der Waals surface area (Å²) in [5, 5.41) is 7.63. The van der Waals surface area contributed by atoms with E-state index in [4.69, 9.17) is 0 Å². The zero-order valence-electron chi connectivity index (χ0n) is 10.7. The van der Waals surface area contributed by atoms with Crippen LogP contribution in [-0.4, -0.2) is 29.0 Å². The molecule has 0 aliphatic carbocycles. The van der Waals surface area contributed by atoms with Gasteiger partial charge in [-0.15, -0.1) is 0 Å². The van der Waals surface area contributed by atoms with Crippen molar-refractivity contribution in [2.75, 3.05) is 13.1 Å². The Morgan fingerprint density at radius 2 is 2.47 bits per heavy atom. The summed E-state index contributed by atoms with van der Waals surface area (Å²) < 4.78 is 16.0. The summed E-state index contributed by atoms with van der Waals surface area (Å²) in [7, 11) is 1.90. The zero-order valence-corrected chi connectivity index (χ0v) is 10.7. The summed E-state index contributed by atoms with van der Waals surface area (Å²) in [6.45, 7) is 3.93. The van der Waals surface area contributed by atoms with Gasteiger partial charge in [0.15, 0.2) is 0 Å². The molecule has 0 saturated carbocycles. The maximum atomic E-state index is 14.2. The third kappa shape index (κ3) is 3.06. The lowest BCUT2D eigenvalue weighted by Crippen LogP contribution is -2.36. The predicted octanol–water partition coefficient (Wildman–Crippen LogP) is 1.86. The summed E-state index contributed by atoms with van der Waals surface area (Å²) in [5.74, 6) is 0.170. The van der Waals surface area contributed by atoms with Gasteiger partial charge < -0.3 is 5.32 Å². The van der Waals surface area contributed by atoms with Gasteiger partial charge in [-0.2, -0.15) is 5.10 Å². The van der Waals surface area contributed by atoms with Gasteiger partial charge in [-0.1, -0.05) is 6.92 Å². The van der Waals surface area contributed by atoms with Crippen molar-refractivity contribution in [1.29, 1.82) is 0 Å². The molecule has 0 bridgehead atoms. The number of hydrogen-bond acceptors (Lipinski definition) is 2. The normalized spacial score (nSPS) is 22.6. The second-order valence-corrected chi connectivity index (χ2v) is 4.93. The highest BCUT2D eigenvalue weighted by molar-refractivity contribution is 5.11. The van der Waals surface area contributed by atoms with Crippen LogP contribution >= 0.6 is 0 Å². The lowest BCUT2D eigenvalue weighted by Gasteiger charge is -2.25. The Kier molecular flexibility index (Phi) is 4.15. The minimum absolute atomic E-state index is 0.170. The van der Waals surface area contributed by atoms with Crippen LogP contribution in [0.4, 0.5) is 4.39 Å². The number of rotatable bonds is 4. The molecule has 0 amide bonds. The molecule has 1 aromatic rings. The van der Waals surface area contributed by atoms with Gasteiger partial charge in [-0.05, 0) is 31.9 Å². The van der Waals surface area contributed by atoms with E-state index in [0.717, 1.165) is 43.7 Å².